The summed E-state index contributed by atoms with van der Waals surface area (Å²) in [6, 6.07) is 10.7. The monoisotopic (exact) mass is 329 g/mol. The molecular weight excluding hydrogens is 314 g/mol. The van der Waals surface area contributed by atoms with Gasteiger partial charge in [-0.15, -0.1) is 0 Å². The average Bonchev–Trinajstić information content (AvgIpc) is 2.87. The van der Waals surface area contributed by atoms with Gasteiger partial charge in [0.05, 0.1) is 23.1 Å². The molecule has 1 atom stereocenters. The van der Waals surface area contributed by atoms with Crippen LogP contribution in [0.3, 0.4) is 0 Å². The zero-order valence-corrected chi connectivity index (χ0v) is 13.0. The average molecular weight is 329 g/mol. The maximum atomic E-state index is 11.5. The van der Waals surface area contributed by atoms with Crippen LogP contribution in [0.1, 0.15) is 12.0 Å². The largest absolute Gasteiger partial charge is 0.366 e. The Morgan fingerprint density at radius 2 is 1.91 bits per heavy atom. The number of hydrogen-bond donors (Lipinski definition) is 2. The molecule has 23 heavy (non-hydrogen) atoms. The first kappa shape index (κ1) is 15.2. The van der Waals surface area contributed by atoms with Gasteiger partial charge in [-0.25, -0.2) is 18.4 Å². The van der Waals surface area contributed by atoms with Gasteiger partial charge in [0.15, 0.2) is 9.84 Å². The van der Waals surface area contributed by atoms with E-state index in [1.165, 1.54) is 6.33 Å². The van der Waals surface area contributed by atoms with Gasteiger partial charge in [-0.2, -0.15) is 5.26 Å². The Hall–Kier alpha value is -2.66. The van der Waals surface area contributed by atoms with Crippen LogP contribution in [-0.2, 0) is 9.84 Å². The third kappa shape index (κ3) is 3.96. The minimum absolute atomic E-state index is 0.113. The molecule has 0 aliphatic carbocycles. The lowest BCUT2D eigenvalue weighted by Crippen LogP contribution is -2.21. The van der Waals surface area contributed by atoms with E-state index in [2.05, 4.69) is 26.7 Å². The second-order valence-electron chi connectivity index (χ2n) is 5.35. The molecule has 0 spiro atoms. The van der Waals surface area contributed by atoms with Gasteiger partial charge in [0.2, 0.25) is 0 Å². The Morgan fingerprint density at radius 3 is 2.57 bits per heavy atom. The summed E-state index contributed by atoms with van der Waals surface area (Å²) in [5.74, 6) is 1.52. The van der Waals surface area contributed by atoms with Crippen molar-refractivity contribution in [3.8, 4) is 6.07 Å². The van der Waals surface area contributed by atoms with Gasteiger partial charge in [-0.1, -0.05) is 0 Å². The predicted molar refractivity (Wildman–Crippen MR) is 87.2 cm³/mol. The molecule has 1 aliphatic heterocycles. The van der Waals surface area contributed by atoms with Crippen LogP contribution >= 0.6 is 0 Å². The summed E-state index contributed by atoms with van der Waals surface area (Å²) in [6.07, 6.45) is 2.00. The van der Waals surface area contributed by atoms with Crippen molar-refractivity contribution in [3.05, 3.63) is 42.2 Å². The summed E-state index contributed by atoms with van der Waals surface area (Å²) < 4.78 is 23.0. The van der Waals surface area contributed by atoms with E-state index in [1.807, 2.05) is 0 Å². The van der Waals surface area contributed by atoms with Crippen molar-refractivity contribution in [1.29, 1.82) is 5.26 Å². The van der Waals surface area contributed by atoms with E-state index in [0.29, 0.717) is 23.6 Å². The predicted octanol–water partition coefficient (Wildman–Crippen LogP) is 1.69. The Labute approximate surface area is 134 Å². The van der Waals surface area contributed by atoms with E-state index in [-0.39, 0.29) is 17.5 Å². The molecule has 1 saturated heterocycles. The normalized spacial score (nSPS) is 19.0. The molecule has 1 fully saturated rings. The number of aromatic nitrogens is 2. The summed E-state index contributed by atoms with van der Waals surface area (Å²) in [7, 11) is -2.93. The maximum Gasteiger partial charge on any atom is 0.152 e. The van der Waals surface area contributed by atoms with Gasteiger partial charge >= 0.3 is 0 Å². The smallest absolute Gasteiger partial charge is 0.152 e. The molecule has 0 radical (unpaired) electrons. The summed E-state index contributed by atoms with van der Waals surface area (Å²) >= 11 is 0. The first-order valence-electron chi connectivity index (χ1n) is 7.10. The molecular formula is C15H15N5O2S. The SMILES string of the molecule is N#Cc1ccc(Nc2cc(NC3CCS(=O)(=O)C3)ncn2)cc1. The molecule has 2 N–H and O–H groups in total. The standard InChI is InChI=1S/C15H15N5O2S/c16-8-11-1-3-12(4-2-11)19-14-7-15(18-10-17-14)20-13-5-6-23(21,22)9-13/h1-4,7,10,13H,5-6,9H2,(H2,17,18,19,20). The van der Waals surface area contributed by atoms with Crippen LogP contribution in [0.4, 0.5) is 17.3 Å². The first-order chi connectivity index (χ1) is 11.0. The van der Waals surface area contributed by atoms with Gasteiger partial charge in [0, 0.05) is 17.8 Å². The van der Waals surface area contributed by atoms with Crippen molar-refractivity contribution in [1.82, 2.24) is 9.97 Å². The highest BCUT2D eigenvalue weighted by atomic mass is 32.2. The van der Waals surface area contributed by atoms with Gasteiger partial charge in [-0.05, 0) is 30.7 Å². The number of benzene rings is 1. The van der Waals surface area contributed by atoms with Crippen molar-refractivity contribution < 1.29 is 8.42 Å². The molecule has 2 aromatic rings. The summed E-state index contributed by atoms with van der Waals surface area (Å²) in [6.45, 7) is 0. The second-order valence-corrected chi connectivity index (χ2v) is 7.58. The van der Waals surface area contributed by atoms with E-state index in [1.54, 1.807) is 30.3 Å². The lowest BCUT2D eigenvalue weighted by Gasteiger charge is -2.12. The number of rotatable bonds is 4. The van der Waals surface area contributed by atoms with Crippen LogP contribution in [-0.4, -0.2) is 35.9 Å². The summed E-state index contributed by atoms with van der Waals surface area (Å²) in [5.41, 5.74) is 1.39. The van der Waals surface area contributed by atoms with Crippen molar-refractivity contribution >= 4 is 27.2 Å². The number of sulfone groups is 1. The van der Waals surface area contributed by atoms with Crippen LogP contribution in [0.15, 0.2) is 36.7 Å². The van der Waals surface area contributed by atoms with Crippen molar-refractivity contribution in [2.45, 2.75) is 12.5 Å². The van der Waals surface area contributed by atoms with Crippen molar-refractivity contribution in [3.63, 3.8) is 0 Å². The molecule has 7 nitrogen and oxygen atoms in total. The second kappa shape index (κ2) is 6.22. The van der Waals surface area contributed by atoms with Crippen LogP contribution < -0.4 is 10.6 Å². The molecule has 1 unspecified atom stereocenters. The summed E-state index contributed by atoms with van der Waals surface area (Å²) in [4.78, 5) is 8.25. The molecule has 1 aliphatic rings. The molecule has 0 saturated carbocycles. The molecule has 3 rings (SSSR count). The van der Waals surface area contributed by atoms with Crippen LogP contribution in [0.2, 0.25) is 0 Å². The fourth-order valence-corrected chi connectivity index (χ4v) is 4.07. The molecule has 1 aromatic carbocycles. The van der Waals surface area contributed by atoms with Crippen LogP contribution in [0.25, 0.3) is 0 Å². The third-order valence-electron chi connectivity index (χ3n) is 3.54. The Bertz CT molecular complexity index is 843. The number of nitrogens with one attached hydrogen (secondary N) is 2. The highest BCUT2D eigenvalue weighted by Gasteiger charge is 2.27. The fraction of sp³-hybridized carbons (Fsp3) is 0.267. The zero-order valence-electron chi connectivity index (χ0n) is 12.2. The van der Waals surface area contributed by atoms with Gasteiger partial charge in [0.25, 0.3) is 0 Å². The lowest BCUT2D eigenvalue weighted by molar-refractivity contribution is 0.602. The minimum atomic E-state index is -2.93. The summed E-state index contributed by atoms with van der Waals surface area (Å²) in [5, 5.41) is 15.0. The zero-order chi connectivity index (χ0) is 16.3. The molecule has 118 valence electrons. The Morgan fingerprint density at radius 1 is 1.17 bits per heavy atom. The van der Waals surface area contributed by atoms with Gasteiger partial charge in [0.1, 0.15) is 18.0 Å². The molecule has 0 amide bonds. The van der Waals surface area contributed by atoms with E-state index in [9.17, 15) is 8.42 Å². The fourth-order valence-electron chi connectivity index (χ4n) is 2.40. The molecule has 1 aromatic heterocycles. The maximum absolute atomic E-state index is 11.5. The van der Waals surface area contributed by atoms with Gasteiger partial charge < -0.3 is 10.6 Å². The Kier molecular flexibility index (Phi) is 4.12. The minimum Gasteiger partial charge on any atom is -0.366 e. The van der Waals surface area contributed by atoms with Crippen LogP contribution in [0.5, 0.6) is 0 Å². The third-order valence-corrected chi connectivity index (χ3v) is 5.31. The highest BCUT2D eigenvalue weighted by molar-refractivity contribution is 7.91. The molecule has 8 heteroatoms. The quantitative estimate of drug-likeness (QED) is 0.878. The van der Waals surface area contributed by atoms with E-state index < -0.39 is 9.84 Å². The van der Waals surface area contributed by atoms with E-state index in [4.69, 9.17) is 5.26 Å². The van der Waals surface area contributed by atoms with Gasteiger partial charge in [-0.3, -0.25) is 0 Å². The topological polar surface area (TPSA) is 108 Å². The van der Waals surface area contributed by atoms with Crippen LogP contribution in [0, 0.1) is 11.3 Å². The number of hydrogen-bond acceptors (Lipinski definition) is 7. The Balaban J connectivity index is 1.68. The van der Waals surface area contributed by atoms with E-state index >= 15 is 0 Å². The molecule has 2 heterocycles. The van der Waals surface area contributed by atoms with Crippen molar-refractivity contribution in [2.24, 2.45) is 0 Å². The highest BCUT2D eigenvalue weighted by Crippen LogP contribution is 2.19. The van der Waals surface area contributed by atoms with E-state index in [0.717, 1.165) is 5.69 Å². The number of nitrogens with zero attached hydrogens (tertiary/aromatic N) is 3. The lowest BCUT2D eigenvalue weighted by atomic mass is 10.2. The van der Waals surface area contributed by atoms with Crippen molar-refractivity contribution in [2.75, 3.05) is 22.1 Å². The molecule has 0 bridgehead atoms. The number of nitriles is 1. The first-order valence-corrected chi connectivity index (χ1v) is 8.92. The number of anilines is 3.